The van der Waals surface area contributed by atoms with E-state index in [4.69, 9.17) is 11.6 Å². The highest BCUT2D eigenvalue weighted by Gasteiger charge is 2.18. The highest BCUT2D eigenvalue weighted by Crippen LogP contribution is 2.15. The van der Waals surface area contributed by atoms with Crippen LogP contribution in [0, 0.1) is 10.1 Å². The van der Waals surface area contributed by atoms with Crippen LogP contribution in [0.1, 0.15) is 11.3 Å². The molecule has 2 N–H and O–H groups in total. The fourth-order valence-electron chi connectivity index (χ4n) is 1.59. The van der Waals surface area contributed by atoms with Crippen LogP contribution in [0.15, 0.2) is 33.9 Å². The van der Waals surface area contributed by atoms with Gasteiger partial charge in [-0.1, -0.05) is 29.8 Å². The van der Waals surface area contributed by atoms with Crippen molar-refractivity contribution >= 4 is 29.4 Å². The molecule has 0 aliphatic rings. The average Bonchev–Trinajstić information content (AvgIpc) is 2.35. The van der Waals surface area contributed by atoms with Crippen LogP contribution in [0.2, 0.25) is 5.02 Å². The van der Waals surface area contributed by atoms with Crippen LogP contribution in [-0.2, 0) is 0 Å². The highest BCUT2D eigenvalue weighted by atomic mass is 35.5. The third-order valence-electron chi connectivity index (χ3n) is 2.42. The Kier molecular flexibility index (Phi) is 3.81. The molecule has 2 aromatic rings. The number of nitrogens with one attached hydrogen (secondary N) is 2. The summed E-state index contributed by atoms with van der Waals surface area (Å²) in [7, 11) is 0. The molecule has 0 atom stereocenters. The van der Waals surface area contributed by atoms with Crippen LogP contribution >= 0.6 is 11.6 Å². The van der Waals surface area contributed by atoms with E-state index in [-0.39, 0.29) is 5.69 Å². The second-order valence-electron chi connectivity index (χ2n) is 3.82. The standard InChI is InChI=1S/C12H8ClN3O4/c13-8-3-1-2-7(6-8)4-5-9-10(16(19)20)11(17)15-12(18)14-9/h1-6H,(H2,14,15,17,18)/b5-4-. The van der Waals surface area contributed by atoms with Crippen LogP contribution < -0.4 is 11.2 Å². The Labute approximate surface area is 116 Å². The number of hydrogen-bond donors (Lipinski definition) is 2. The van der Waals surface area contributed by atoms with Crippen molar-refractivity contribution in [1.82, 2.24) is 9.97 Å². The van der Waals surface area contributed by atoms with E-state index in [2.05, 4.69) is 4.98 Å². The molecule has 8 heteroatoms. The largest absolute Gasteiger partial charge is 0.357 e. The molecule has 0 spiro atoms. The minimum absolute atomic E-state index is 0.177. The molecule has 20 heavy (non-hydrogen) atoms. The van der Waals surface area contributed by atoms with Crippen molar-refractivity contribution in [2.24, 2.45) is 0 Å². The normalized spacial score (nSPS) is 10.8. The van der Waals surface area contributed by atoms with E-state index in [9.17, 15) is 19.7 Å². The number of hydrogen-bond acceptors (Lipinski definition) is 4. The monoisotopic (exact) mass is 293 g/mol. The minimum atomic E-state index is -1.05. The Bertz CT molecular complexity index is 807. The maximum Gasteiger partial charge on any atom is 0.357 e. The van der Waals surface area contributed by atoms with Crippen molar-refractivity contribution in [1.29, 1.82) is 0 Å². The molecule has 2 rings (SSSR count). The van der Waals surface area contributed by atoms with Gasteiger partial charge >= 0.3 is 16.9 Å². The van der Waals surface area contributed by atoms with Crippen molar-refractivity contribution in [3.63, 3.8) is 0 Å². The molecule has 1 aromatic carbocycles. The third kappa shape index (κ3) is 3.01. The third-order valence-corrected chi connectivity index (χ3v) is 2.65. The van der Waals surface area contributed by atoms with E-state index in [1.54, 1.807) is 29.2 Å². The molecule has 0 amide bonds. The molecule has 0 fully saturated rings. The Morgan fingerprint density at radius 2 is 1.95 bits per heavy atom. The van der Waals surface area contributed by atoms with Gasteiger partial charge in [-0.15, -0.1) is 0 Å². The summed E-state index contributed by atoms with van der Waals surface area (Å²) in [6, 6.07) is 6.74. The van der Waals surface area contributed by atoms with Gasteiger partial charge in [0.15, 0.2) is 0 Å². The maximum atomic E-state index is 11.4. The van der Waals surface area contributed by atoms with E-state index in [1.165, 1.54) is 12.2 Å². The van der Waals surface area contributed by atoms with Gasteiger partial charge in [0.2, 0.25) is 0 Å². The maximum absolute atomic E-state index is 11.4. The zero-order chi connectivity index (χ0) is 14.7. The van der Waals surface area contributed by atoms with Crippen LogP contribution in [0.3, 0.4) is 0 Å². The summed E-state index contributed by atoms with van der Waals surface area (Å²) in [6.45, 7) is 0. The van der Waals surface area contributed by atoms with Crippen molar-refractivity contribution in [3.8, 4) is 0 Å². The van der Waals surface area contributed by atoms with Gasteiger partial charge in [-0.05, 0) is 23.8 Å². The Hall–Kier alpha value is -2.67. The Morgan fingerprint density at radius 1 is 1.20 bits per heavy atom. The number of rotatable bonds is 3. The second-order valence-corrected chi connectivity index (χ2v) is 4.25. The highest BCUT2D eigenvalue weighted by molar-refractivity contribution is 6.30. The lowest BCUT2D eigenvalue weighted by molar-refractivity contribution is -0.386. The Morgan fingerprint density at radius 3 is 2.60 bits per heavy atom. The lowest BCUT2D eigenvalue weighted by atomic mass is 10.2. The van der Waals surface area contributed by atoms with Crippen molar-refractivity contribution < 1.29 is 4.92 Å². The molecule has 1 heterocycles. The SMILES string of the molecule is O=c1[nH]c(/C=C\c2cccc(Cl)c2)c([N+](=O)[O-])c(=O)[nH]1. The molecule has 0 saturated carbocycles. The lowest BCUT2D eigenvalue weighted by Crippen LogP contribution is -2.25. The zero-order valence-corrected chi connectivity index (χ0v) is 10.7. The molecule has 0 bridgehead atoms. The number of nitro groups is 1. The molecule has 0 unspecified atom stereocenters. The van der Waals surface area contributed by atoms with E-state index in [0.29, 0.717) is 10.6 Å². The van der Waals surface area contributed by atoms with E-state index in [0.717, 1.165) is 0 Å². The molecular weight excluding hydrogens is 286 g/mol. The first kappa shape index (κ1) is 13.8. The second kappa shape index (κ2) is 5.54. The van der Waals surface area contributed by atoms with E-state index >= 15 is 0 Å². The summed E-state index contributed by atoms with van der Waals surface area (Å²) >= 11 is 5.80. The van der Waals surface area contributed by atoms with E-state index in [1.807, 2.05) is 0 Å². The molecule has 1 aromatic heterocycles. The molecule has 0 aliphatic heterocycles. The first-order valence-corrected chi connectivity index (χ1v) is 5.80. The average molecular weight is 294 g/mol. The summed E-state index contributed by atoms with van der Waals surface area (Å²) < 4.78 is 0. The molecule has 102 valence electrons. The van der Waals surface area contributed by atoms with Crippen LogP contribution in [0.5, 0.6) is 0 Å². The first-order valence-electron chi connectivity index (χ1n) is 5.42. The number of aromatic nitrogens is 2. The van der Waals surface area contributed by atoms with Gasteiger partial charge < -0.3 is 4.98 Å². The summed E-state index contributed by atoms with van der Waals surface area (Å²) in [6.07, 6.45) is 2.78. The molecular formula is C12H8ClN3O4. The number of benzene rings is 1. The van der Waals surface area contributed by atoms with Crippen molar-refractivity contribution in [2.45, 2.75) is 0 Å². The van der Waals surface area contributed by atoms with Crippen LogP contribution in [0.4, 0.5) is 5.69 Å². The lowest BCUT2D eigenvalue weighted by Gasteiger charge is -1.97. The number of H-pyrrole nitrogens is 2. The van der Waals surface area contributed by atoms with Gasteiger partial charge in [-0.25, -0.2) is 4.79 Å². The minimum Gasteiger partial charge on any atom is -0.301 e. The smallest absolute Gasteiger partial charge is 0.301 e. The van der Waals surface area contributed by atoms with Crippen molar-refractivity contribution in [2.75, 3.05) is 0 Å². The first-order chi connectivity index (χ1) is 9.47. The summed E-state index contributed by atoms with van der Waals surface area (Å²) in [4.78, 5) is 36.5. The summed E-state index contributed by atoms with van der Waals surface area (Å²) in [5.41, 5.74) is -2.09. The molecule has 7 nitrogen and oxygen atoms in total. The summed E-state index contributed by atoms with van der Waals surface area (Å²) in [5, 5.41) is 11.3. The van der Waals surface area contributed by atoms with E-state index < -0.39 is 21.9 Å². The van der Waals surface area contributed by atoms with Gasteiger partial charge in [0.25, 0.3) is 0 Å². The Balaban J connectivity index is 2.51. The number of halogens is 1. The van der Waals surface area contributed by atoms with Crippen LogP contribution in [0.25, 0.3) is 12.2 Å². The fraction of sp³-hybridized carbons (Fsp3) is 0. The van der Waals surface area contributed by atoms with Gasteiger partial charge in [0, 0.05) is 5.02 Å². The van der Waals surface area contributed by atoms with Gasteiger partial charge in [0.1, 0.15) is 5.69 Å². The fourth-order valence-corrected chi connectivity index (χ4v) is 1.79. The predicted octanol–water partition coefficient (Wildman–Crippen LogP) is 1.80. The van der Waals surface area contributed by atoms with Crippen molar-refractivity contribution in [3.05, 3.63) is 71.5 Å². The van der Waals surface area contributed by atoms with Gasteiger partial charge in [-0.2, -0.15) is 0 Å². The zero-order valence-electron chi connectivity index (χ0n) is 9.92. The number of aromatic amines is 2. The summed E-state index contributed by atoms with van der Waals surface area (Å²) in [5.74, 6) is 0. The van der Waals surface area contributed by atoms with Crippen LogP contribution in [-0.4, -0.2) is 14.9 Å². The predicted molar refractivity (Wildman–Crippen MR) is 74.7 cm³/mol. The molecule has 0 aliphatic carbocycles. The number of nitrogens with zero attached hydrogens (tertiary/aromatic N) is 1. The van der Waals surface area contributed by atoms with Gasteiger partial charge in [0.05, 0.1) is 4.92 Å². The molecule has 0 saturated heterocycles. The van der Waals surface area contributed by atoms with Gasteiger partial charge in [-0.3, -0.25) is 19.9 Å². The molecule has 0 radical (unpaired) electrons. The topological polar surface area (TPSA) is 109 Å². The quantitative estimate of drug-likeness (QED) is 0.664.